The van der Waals surface area contributed by atoms with Crippen LogP contribution >= 0.6 is 23.4 Å². The van der Waals surface area contributed by atoms with E-state index in [0.29, 0.717) is 22.2 Å². The summed E-state index contributed by atoms with van der Waals surface area (Å²) in [5.74, 6) is 0.419. The highest BCUT2D eigenvalue weighted by Crippen LogP contribution is 2.34. The van der Waals surface area contributed by atoms with Gasteiger partial charge in [-0.1, -0.05) is 18.5 Å². The Morgan fingerprint density at radius 1 is 1.24 bits per heavy atom. The smallest absolute Gasteiger partial charge is 0.261 e. The van der Waals surface area contributed by atoms with Gasteiger partial charge >= 0.3 is 0 Å². The Labute approximate surface area is 156 Å². The van der Waals surface area contributed by atoms with Crippen molar-refractivity contribution in [2.24, 2.45) is 5.92 Å². The molecule has 8 heteroatoms. The van der Waals surface area contributed by atoms with Gasteiger partial charge in [0.2, 0.25) is 5.91 Å². The zero-order chi connectivity index (χ0) is 18.2. The van der Waals surface area contributed by atoms with Crippen molar-refractivity contribution in [3.8, 4) is 0 Å². The zero-order valence-corrected chi connectivity index (χ0v) is 16.1. The molecule has 1 aliphatic rings. The molecule has 1 atom stereocenters. The average Bonchev–Trinajstić information content (AvgIpc) is 2.69. The van der Waals surface area contributed by atoms with E-state index in [1.165, 1.54) is 17.8 Å². The highest BCUT2D eigenvalue weighted by Gasteiger charge is 2.23. The SMILES string of the molecule is Cc1cc(Cl)ccc1NS(=O)(=O)c1ccc2c(c1)NC(=O)[C@@H](C)CS2. The number of nitrogens with one attached hydrogen (secondary N) is 2. The van der Waals surface area contributed by atoms with Crippen LogP contribution in [0.2, 0.25) is 5.02 Å². The topological polar surface area (TPSA) is 75.3 Å². The second-order valence-electron chi connectivity index (χ2n) is 5.92. The van der Waals surface area contributed by atoms with Crippen molar-refractivity contribution in [1.29, 1.82) is 0 Å². The van der Waals surface area contributed by atoms with E-state index in [1.54, 1.807) is 37.3 Å². The first-order valence-electron chi connectivity index (χ1n) is 7.63. The van der Waals surface area contributed by atoms with Crippen LogP contribution in [0.3, 0.4) is 0 Å². The summed E-state index contributed by atoms with van der Waals surface area (Å²) in [6.07, 6.45) is 0. The first-order chi connectivity index (χ1) is 11.8. The Kier molecular flexibility index (Phi) is 4.99. The quantitative estimate of drug-likeness (QED) is 0.817. The van der Waals surface area contributed by atoms with E-state index in [0.717, 1.165) is 10.5 Å². The third kappa shape index (κ3) is 3.94. The highest BCUT2D eigenvalue weighted by molar-refractivity contribution is 7.99. The standard InChI is InChI=1S/C17H17ClN2O3S2/c1-10-7-12(18)3-5-14(10)20-25(22,23)13-4-6-16-15(8-13)19-17(21)11(2)9-24-16/h3-8,11,20H,9H2,1-2H3,(H,19,21)/t11-/m0/s1. The first-order valence-corrected chi connectivity index (χ1v) is 10.5. The molecule has 0 aliphatic carbocycles. The predicted molar refractivity (Wildman–Crippen MR) is 102 cm³/mol. The van der Waals surface area contributed by atoms with E-state index in [1.807, 2.05) is 6.92 Å². The second-order valence-corrected chi connectivity index (χ2v) is 9.10. The van der Waals surface area contributed by atoms with Gasteiger partial charge in [-0.25, -0.2) is 8.42 Å². The average molecular weight is 397 g/mol. The van der Waals surface area contributed by atoms with Crippen LogP contribution in [0.25, 0.3) is 0 Å². The minimum atomic E-state index is -3.78. The van der Waals surface area contributed by atoms with Gasteiger partial charge in [-0.15, -0.1) is 11.8 Å². The van der Waals surface area contributed by atoms with E-state index in [4.69, 9.17) is 11.6 Å². The summed E-state index contributed by atoms with van der Waals surface area (Å²) >= 11 is 7.44. The molecule has 0 fully saturated rings. The zero-order valence-electron chi connectivity index (χ0n) is 13.7. The minimum Gasteiger partial charge on any atom is -0.325 e. The van der Waals surface area contributed by atoms with Crippen molar-refractivity contribution < 1.29 is 13.2 Å². The minimum absolute atomic E-state index is 0.0936. The van der Waals surface area contributed by atoms with Crippen LogP contribution in [0, 0.1) is 12.8 Å². The lowest BCUT2D eigenvalue weighted by atomic mass is 10.2. The van der Waals surface area contributed by atoms with Crippen LogP contribution in [-0.4, -0.2) is 20.1 Å². The van der Waals surface area contributed by atoms with E-state index in [9.17, 15) is 13.2 Å². The number of halogens is 1. The van der Waals surface area contributed by atoms with Gasteiger partial charge in [0.1, 0.15) is 0 Å². The summed E-state index contributed by atoms with van der Waals surface area (Å²) in [5.41, 5.74) is 1.71. The molecule has 2 aromatic carbocycles. The molecular weight excluding hydrogens is 380 g/mol. The molecule has 0 radical (unpaired) electrons. The lowest BCUT2D eigenvalue weighted by molar-refractivity contribution is -0.118. The number of amides is 1. The number of carbonyl (C=O) groups excluding carboxylic acids is 1. The molecule has 2 N–H and O–H groups in total. The summed E-state index contributed by atoms with van der Waals surface area (Å²) < 4.78 is 28.0. The van der Waals surface area contributed by atoms with Crippen molar-refractivity contribution in [2.75, 3.05) is 15.8 Å². The van der Waals surface area contributed by atoms with Crippen molar-refractivity contribution in [3.63, 3.8) is 0 Å². The molecule has 132 valence electrons. The number of thioether (sulfide) groups is 1. The van der Waals surface area contributed by atoms with Gasteiger partial charge in [0, 0.05) is 21.6 Å². The molecule has 0 bridgehead atoms. The Morgan fingerprint density at radius 2 is 2.00 bits per heavy atom. The third-order valence-corrected chi connectivity index (χ3v) is 6.82. The summed E-state index contributed by atoms with van der Waals surface area (Å²) in [5, 5.41) is 3.34. The molecule has 0 saturated heterocycles. The number of hydrogen-bond acceptors (Lipinski definition) is 4. The van der Waals surface area contributed by atoms with Gasteiger partial charge in [0.05, 0.1) is 16.3 Å². The van der Waals surface area contributed by atoms with Crippen molar-refractivity contribution in [2.45, 2.75) is 23.6 Å². The molecule has 1 amide bonds. The number of anilines is 2. The number of aryl methyl sites for hydroxylation is 1. The van der Waals surface area contributed by atoms with Crippen LogP contribution < -0.4 is 10.0 Å². The number of hydrogen-bond donors (Lipinski definition) is 2. The normalized spacial score (nSPS) is 17.4. The lowest BCUT2D eigenvalue weighted by Gasteiger charge is -2.13. The maximum Gasteiger partial charge on any atom is 0.261 e. The highest BCUT2D eigenvalue weighted by atomic mass is 35.5. The Bertz CT molecular complexity index is 945. The summed E-state index contributed by atoms with van der Waals surface area (Å²) in [6.45, 7) is 3.62. The molecule has 3 rings (SSSR count). The van der Waals surface area contributed by atoms with Gasteiger partial charge in [-0.3, -0.25) is 9.52 Å². The largest absolute Gasteiger partial charge is 0.325 e. The van der Waals surface area contributed by atoms with E-state index < -0.39 is 10.0 Å². The monoisotopic (exact) mass is 396 g/mol. The van der Waals surface area contributed by atoms with Gasteiger partial charge in [0.25, 0.3) is 10.0 Å². The van der Waals surface area contributed by atoms with Crippen molar-refractivity contribution in [3.05, 3.63) is 47.0 Å². The summed E-state index contributed by atoms with van der Waals surface area (Å²) in [6, 6.07) is 9.70. The first kappa shape index (κ1) is 18.1. The summed E-state index contributed by atoms with van der Waals surface area (Å²) in [4.78, 5) is 13.0. The van der Waals surface area contributed by atoms with E-state index in [-0.39, 0.29) is 16.7 Å². The molecule has 0 saturated carbocycles. The number of fused-ring (bicyclic) bond motifs is 1. The van der Waals surface area contributed by atoms with Crippen LogP contribution in [-0.2, 0) is 14.8 Å². The van der Waals surface area contributed by atoms with Gasteiger partial charge in [-0.2, -0.15) is 0 Å². The summed E-state index contributed by atoms with van der Waals surface area (Å²) in [7, 11) is -3.78. The van der Waals surface area contributed by atoms with Gasteiger partial charge in [-0.05, 0) is 48.9 Å². The molecule has 0 aromatic heterocycles. The lowest BCUT2D eigenvalue weighted by Crippen LogP contribution is -2.20. The molecule has 25 heavy (non-hydrogen) atoms. The third-order valence-electron chi connectivity index (χ3n) is 3.89. The molecule has 5 nitrogen and oxygen atoms in total. The number of sulfonamides is 1. The van der Waals surface area contributed by atoms with Gasteiger partial charge < -0.3 is 5.32 Å². The van der Waals surface area contributed by atoms with Crippen LogP contribution in [0.5, 0.6) is 0 Å². The second kappa shape index (κ2) is 6.90. The number of benzene rings is 2. The molecule has 1 heterocycles. The van der Waals surface area contributed by atoms with Crippen molar-refractivity contribution in [1.82, 2.24) is 0 Å². The predicted octanol–water partition coefficient (Wildman–Crippen LogP) is 4.13. The maximum absolute atomic E-state index is 12.7. The molecule has 1 aliphatic heterocycles. The Morgan fingerprint density at radius 3 is 2.72 bits per heavy atom. The fourth-order valence-electron chi connectivity index (χ4n) is 2.39. The van der Waals surface area contributed by atoms with E-state index in [2.05, 4.69) is 10.0 Å². The van der Waals surface area contributed by atoms with Crippen LogP contribution in [0.15, 0.2) is 46.2 Å². The van der Waals surface area contributed by atoms with Gasteiger partial charge in [0.15, 0.2) is 0 Å². The maximum atomic E-state index is 12.7. The fourth-order valence-corrected chi connectivity index (χ4v) is 4.79. The van der Waals surface area contributed by atoms with Crippen LogP contribution in [0.1, 0.15) is 12.5 Å². The number of rotatable bonds is 3. The number of carbonyl (C=O) groups is 1. The van der Waals surface area contributed by atoms with Crippen LogP contribution in [0.4, 0.5) is 11.4 Å². The van der Waals surface area contributed by atoms with E-state index >= 15 is 0 Å². The molecule has 0 spiro atoms. The Balaban J connectivity index is 1.93. The molecule has 0 unspecified atom stereocenters. The fraction of sp³-hybridized carbons (Fsp3) is 0.235. The molecular formula is C17H17ClN2O3S2. The Hall–Kier alpha value is -1.70. The molecule has 2 aromatic rings. The van der Waals surface area contributed by atoms with Crippen molar-refractivity contribution >= 4 is 50.7 Å².